The number of nitrogens with two attached hydrogens (primary N) is 1. The standard InChI is InChI=1S/C16H18N2O2/c1-11-12(2)16(20)18(15(11)19)10-14-7-5-13(6-8-14)4-3-9-17/h5-8,11-12H,9-10,17H2,1-2H3. The van der Waals surface area contributed by atoms with E-state index in [1.807, 2.05) is 24.3 Å². The molecule has 2 amide bonds. The highest BCUT2D eigenvalue weighted by Crippen LogP contribution is 2.26. The van der Waals surface area contributed by atoms with Crippen LogP contribution >= 0.6 is 0 Å². The average Bonchev–Trinajstić information content (AvgIpc) is 2.64. The van der Waals surface area contributed by atoms with E-state index < -0.39 is 0 Å². The van der Waals surface area contributed by atoms with Gasteiger partial charge in [-0.3, -0.25) is 14.5 Å². The first-order chi connectivity index (χ1) is 9.54. The van der Waals surface area contributed by atoms with Crippen LogP contribution in [-0.4, -0.2) is 23.3 Å². The molecule has 4 heteroatoms. The zero-order valence-corrected chi connectivity index (χ0v) is 11.7. The summed E-state index contributed by atoms with van der Waals surface area (Å²) in [6.45, 7) is 4.26. The Morgan fingerprint density at radius 3 is 2.15 bits per heavy atom. The third-order valence-corrected chi connectivity index (χ3v) is 3.69. The van der Waals surface area contributed by atoms with Crippen LogP contribution in [0.1, 0.15) is 25.0 Å². The summed E-state index contributed by atoms with van der Waals surface area (Å²) in [5, 5.41) is 0. The maximum atomic E-state index is 12.0. The first-order valence-electron chi connectivity index (χ1n) is 6.67. The second-order valence-corrected chi connectivity index (χ2v) is 5.04. The fraction of sp³-hybridized carbons (Fsp3) is 0.375. The minimum absolute atomic E-state index is 0.0884. The van der Waals surface area contributed by atoms with Crippen molar-refractivity contribution in [2.24, 2.45) is 17.6 Å². The molecule has 1 aliphatic rings. The fourth-order valence-corrected chi connectivity index (χ4v) is 2.21. The van der Waals surface area contributed by atoms with E-state index >= 15 is 0 Å². The molecule has 0 bridgehead atoms. The predicted molar refractivity (Wildman–Crippen MR) is 76.3 cm³/mol. The number of hydrogen-bond donors (Lipinski definition) is 1. The molecule has 0 aromatic heterocycles. The van der Waals surface area contributed by atoms with Crippen molar-refractivity contribution in [3.05, 3.63) is 35.4 Å². The number of hydrogen-bond acceptors (Lipinski definition) is 3. The number of carbonyl (C=O) groups is 2. The molecule has 0 spiro atoms. The van der Waals surface area contributed by atoms with Crippen LogP contribution < -0.4 is 5.73 Å². The molecule has 2 atom stereocenters. The van der Waals surface area contributed by atoms with E-state index in [0.717, 1.165) is 11.1 Å². The zero-order chi connectivity index (χ0) is 14.7. The van der Waals surface area contributed by atoms with Crippen LogP contribution in [0.2, 0.25) is 0 Å². The molecule has 0 radical (unpaired) electrons. The minimum atomic E-state index is -0.225. The molecule has 1 heterocycles. The molecule has 1 aromatic carbocycles. The van der Waals surface area contributed by atoms with Crippen LogP contribution in [0.4, 0.5) is 0 Å². The van der Waals surface area contributed by atoms with Gasteiger partial charge in [-0.05, 0) is 17.7 Å². The summed E-state index contributed by atoms with van der Waals surface area (Å²) >= 11 is 0. The lowest BCUT2D eigenvalue weighted by molar-refractivity contribution is -0.140. The Balaban J connectivity index is 2.11. The number of benzene rings is 1. The maximum absolute atomic E-state index is 12.0. The third-order valence-electron chi connectivity index (χ3n) is 3.69. The van der Waals surface area contributed by atoms with Gasteiger partial charge in [-0.2, -0.15) is 0 Å². The van der Waals surface area contributed by atoms with Crippen LogP contribution in [0.25, 0.3) is 0 Å². The van der Waals surface area contributed by atoms with Gasteiger partial charge in [0.1, 0.15) is 0 Å². The molecule has 0 aliphatic carbocycles. The second kappa shape index (κ2) is 5.89. The molecular formula is C16H18N2O2. The van der Waals surface area contributed by atoms with Gasteiger partial charge in [0.25, 0.3) is 0 Å². The van der Waals surface area contributed by atoms with E-state index in [2.05, 4.69) is 11.8 Å². The molecule has 0 saturated carbocycles. The summed E-state index contributed by atoms with van der Waals surface area (Å²) in [7, 11) is 0. The maximum Gasteiger partial charge on any atom is 0.233 e. The lowest BCUT2D eigenvalue weighted by Crippen LogP contribution is -2.30. The average molecular weight is 270 g/mol. The Morgan fingerprint density at radius 2 is 1.65 bits per heavy atom. The van der Waals surface area contributed by atoms with Crippen molar-refractivity contribution in [2.75, 3.05) is 6.54 Å². The summed E-state index contributed by atoms with van der Waals surface area (Å²) in [5.41, 5.74) is 7.11. The van der Waals surface area contributed by atoms with Crippen molar-refractivity contribution in [1.29, 1.82) is 0 Å². The topological polar surface area (TPSA) is 63.4 Å². The number of rotatable bonds is 2. The van der Waals surface area contributed by atoms with Gasteiger partial charge < -0.3 is 5.73 Å². The minimum Gasteiger partial charge on any atom is -0.320 e. The Bertz CT molecular complexity index is 561. The smallest absolute Gasteiger partial charge is 0.233 e. The summed E-state index contributed by atoms with van der Waals surface area (Å²) in [6, 6.07) is 7.51. The molecular weight excluding hydrogens is 252 g/mol. The fourth-order valence-electron chi connectivity index (χ4n) is 2.21. The first-order valence-corrected chi connectivity index (χ1v) is 6.67. The van der Waals surface area contributed by atoms with E-state index in [1.54, 1.807) is 13.8 Å². The summed E-state index contributed by atoms with van der Waals surface area (Å²) < 4.78 is 0. The van der Waals surface area contributed by atoms with Gasteiger partial charge in [-0.1, -0.05) is 37.8 Å². The van der Waals surface area contributed by atoms with E-state index in [1.165, 1.54) is 4.90 Å². The van der Waals surface area contributed by atoms with Gasteiger partial charge in [0.05, 0.1) is 13.1 Å². The Hall–Kier alpha value is -2.12. The summed E-state index contributed by atoms with van der Waals surface area (Å²) in [6.07, 6.45) is 0. The Kier molecular flexibility index (Phi) is 4.21. The van der Waals surface area contributed by atoms with Gasteiger partial charge in [0.2, 0.25) is 11.8 Å². The zero-order valence-electron chi connectivity index (χ0n) is 11.7. The molecule has 1 saturated heterocycles. The highest BCUT2D eigenvalue weighted by Gasteiger charge is 2.41. The summed E-state index contributed by atoms with van der Waals surface area (Å²) in [5.74, 6) is 5.09. The molecule has 1 fully saturated rings. The number of likely N-dealkylation sites (tertiary alicyclic amines) is 1. The van der Waals surface area contributed by atoms with Gasteiger partial charge in [0.15, 0.2) is 0 Å². The number of nitrogens with zero attached hydrogens (tertiary/aromatic N) is 1. The molecule has 4 nitrogen and oxygen atoms in total. The van der Waals surface area contributed by atoms with Gasteiger partial charge in [-0.25, -0.2) is 0 Å². The highest BCUT2D eigenvalue weighted by atomic mass is 16.2. The SMILES string of the molecule is CC1C(=O)N(Cc2ccc(C#CCN)cc2)C(=O)C1C. The molecule has 1 aromatic rings. The number of amides is 2. The first kappa shape index (κ1) is 14.3. The largest absolute Gasteiger partial charge is 0.320 e. The monoisotopic (exact) mass is 270 g/mol. The molecule has 2 rings (SSSR count). The molecule has 2 unspecified atom stereocenters. The quantitative estimate of drug-likeness (QED) is 0.647. The van der Waals surface area contributed by atoms with Crippen molar-refractivity contribution < 1.29 is 9.59 Å². The van der Waals surface area contributed by atoms with Crippen molar-refractivity contribution in [1.82, 2.24) is 4.90 Å². The van der Waals surface area contributed by atoms with Gasteiger partial charge >= 0.3 is 0 Å². The lowest BCUT2D eigenvalue weighted by atomic mass is 10.00. The van der Waals surface area contributed by atoms with Crippen molar-refractivity contribution in [2.45, 2.75) is 20.4 Å². The van der Waals surface area contributed by atoms with E-state index in [-0.39, 0.29) is 23.7 Å². The van der Waals surface area contributed by atoms with Crippen LogP contribution in [-0.2, 0) is 16.1 Å². The molecule has 2 N–H and O–H groups in total. The lowest BCUT2D eigenvalue weighted by Gasteiger charge is -2.14. The molecule has 20 heavy (non-hydrogen) atoms. The Labute approximate surface area is 118 Å². The number of imide groups is 1. The van der Waals surface area contributed by atoms with E-state index in [9.17, 15) is 9.59 Å². The second-order valence-electron chi connectivity index (χ2n) is 5.04. The normalized spacial score (nSPS) is 21.9. The molecule has 104 valence electrons. The van der Waals surface area contributed by atoms with Crippen molar-refractivity contribution in [3.8, 4) is 11.8 Å². The van der Waals surface area contributed by atoms with Crippen LogP contribution in [0.5, 0.6) is 0 Å². The van der Waals surface area contributed by atoms with Gasteiger partial charge in [0, 0.05) is 17.4 Å². The van der Waals surface area contributed by atoms with Crippen molar-refractivity contribution >= 4 is 11.8 Å². The molecule has 1 aliphatic heterocycles. The van der Waals surface area contributed by atoms with Gasteiger partial charge in [-0.15, -0.1) is 0 Å². The highest BCUT2D eigenvalue weighted by molar-refractivity contribution is 6.04. The van der Waals surface area contributed by atoms with Crippen LogP contribution in [0.3, 0.4) is 0 Å². The number of carbonyl (C=O) groups excluding carboxylic acids is 2. The van der Waals surface area contributed by atoms with Crippen LogP contribution in [0, 0.1) is 23.7 Å². The third kappa shape index (κ3) is 2.73. The van der Waals surface area contributed by atoms with E-state index in [0.29, 0.717) is 13.1 Å². The van der Waals surface area contributed by atoms with E-state index in [4.69, 9.17) is 5.73 Å². The van der Waals surface area contributed by atoms with Crippen LogP contribution in [0.15, 0.2) is 24.3 Å². The Morgan fingerprint density at radius 1 is 1.10 bits per heavy atom. The van der Waals surface area contributed by atoms with Crippen molar-refractivity contribution in [3.63, 3.8) is 0 Å². The predicted octanol–water partition coefficient (Wildman–Crippen LogP) is 1.14. The summed E-state index contributed by atoms with van der Waals surface area (Å²) in [4.78, 5) is 25.4.